The maximum atomic E-state index is 10.5. The van der Waals surface area contributed by atoms with Gasteiger partial charge in [-0.05, 0) is 6.92 Å². The molecule has 72 valence electrons. The van der Waals surface area contributed by atoms with E-state index in [9.17, 15) is 4.79 Å². The molecule has 1 N–H and O–H groups in total. The maximum Gasteiger partial charge on any atom is 0.433 e. The molecule has 0 atom stereocenters. The molecule has 0 aromatic rings. The molecule has 0 aromatic heterocycles. The molecule has 0 aromatic carbocycles. The summed E-state index contributed by atoms with van der Waals surface area (Å²) in [5.74, 6) is 0.656. The van der Waals surface area contributed by atoms with Crippen LogP contribution in [-0.4, -0.2) is 23.9 Å². The van der Waals surface area contributed by atoms with Crippen LogP contribution >= 0.6 is 11.8 Å². The Hall–Kier alpha value is -1.22. The van der Waals surface area contributed by atoms with Gasteiger partial charge in [-0.3, -0.25) is 4.84 Å². The monoisotopic (exact) mass is 201 g/mol. The summed E-state index contributed by atoms with van der Waals surface area (Å²) in [5.41, 5.74) is 0. The summed E-state index contributed by atoms with van der Waals surface area (Å²) in [6.45, 7) is 1.71. The van der Waals surface area contributed by atoms with E-state index in [1.165, 1.54) is 18.8 Å². The molecule has 0 aliphatic heterocycles. The largest absolute Gasteiger partial charge is 0.433 e. The minimum absolute atomic E-state index is 0.456. The molecule has 0 radical (unpaired) electrons. The molecule has 0 unspecified atom stereocenters. The van der Waals surface area contributed by atoms with Crippen LogP contribution in [0.15, 0.2) is 5.16 Å². The van der Waals surface area contributed by atoms with Crippen molar-refractivity contribution in [3.05, 3.63) is 0 Å². The Morgan fingerprint density at radius 2 is 2.46 bits per heavy atom. The predicted molar refractivity (Wildman–Crippen MR) is 51.3 cm³/mol. The molecule has 0 spiro atoms. The van der Waals surface area contributed by atoms with Gasteiger partial charge in [-0.2, -0.15) is 5.26 Å². The first-order chi connectivity index (χ1) is 6.20. The summed E-state index contributed by atoms with van der Waals surface area (Å²) in [7, 11) is 1.45. The summed E-state index contributed by atoms with van der Waals surface area (Å²) in [4.78, 5) is 15.0. The van der Waals surface area contributed by atoms with Crippen molar-refractivity contribution in [3.63, 3.8) is 0 Å². The SMILES string of the molecule is CNC(=O)O/N=C(/C)SCCC#N. The van der Waals surface area contributed by atoms with E-state index in [1.54, 1.807) is 6.92 Å². The summed E-state index contributed by atoms with van der Waals surface area (Å²) < 4.78 is 0. The molecule has 5 nitrogen and oxygen atoms in total. The standard InChI is InChI=1S/C7H11N3O2S/c1-6(13-5-3-4-8)10-12-7(11)9-2/h3,5H2,1-2H3,(H,9,11)/b10-6-. The average Bonchev–Trinajstić information content (AvgIpc) is 2.14. The Morgan fingerprint density at radius 1 is 1.77 bits per heavy atom. The van der Waals surface area contributed by atoms with Gasteiger partial charge in [0.2, 0.25) is 0 Å². The van der Waals surface area contributed by atoms with Crippen LogP contribution in [0.4, 0.5) is 4.79 Å². The quantitative estimate of drug-likeness (QED) is 0.246. The second kappa shape index (κ2) is 7.43. The first-order valence-corrected chi connectivity index (χ1v) is 4.62. The molecule has 0 aliphatic rings. The molecule has 0 fully saturated rings. The number of carbonyl (C=O) groups is 1. The molecule has 0 rings (SSSR count). The highest BCUT2D eigenvalue weighted by Crippen LogP contribution is 2.05. The number of nitrogens with zero attached hydrogens (tertiary/aromatic N) is 2. The van der Waals surface area contributed by atoms with E-state index in [1.807, 2.05) is 6.07 Å². The van der Waals surface area contributed by atoms with Gasteiger partial charge >= 0.3 is 6.09 Å². The fraction of sp³-hybridized carbons (Fsp3) is 0.571. The number of hydrogen-bond acceptors (Lipinski definition) is 5. The number of hydrogen-bond donors (Lipinski definition) is 1. The Labute approximate surface area is 81.1 Å². The van der Waals surface area contributed by atoms with Crippen LogP contribution in [0.5, 0.6) is 0 Å². The lowest BCUT2D eigenvalue weighted by atomic mass is 10.6. The van der Waals surface area contributed by atoms with E-state index < -0.39 is 6.09 Å². The highest BCUT2D eigenvalue weighted by Gasteiger charge is 1.97. The van der Waals surface area contributed by atoms with Gasteiger partial charge in [-0.1, -0.05) is 5.16 Å². The van der Waals surface area contributed by atoms with Gasteiger partial charge in [0.15, 0.2) is 0 Å². The Balaban J connectivity index is 3.64. The second-order valence-corrected chi connectivity index (χ2v) is 3.28. The van der Waals surface area contributed by atoms with Gasteiger partial charge in [0.1, 0.15) is 5.04 Å². The number of nitrogens with one attached hydrogen (secondary N) is 1. The van der Waals surface area contributed by atoms with Crippen molar-refractivity contribution < 1.29 is 9.63 Å². The van der Waals surface area contributed by atoms with Crippen LogP contribution < -0.4 is 5.32 Å². The average molecular weight is 201 g/mol. The zero-order chi connectivity index (χ0) is 10.1. The third kappa shape index (κ3) is 7.15. The smallest absolute Gasteiger partial charge is 0.323 e. The number of nitriles is 1. The number of amides is 1. The van der Waals surface area contributed by atoms with E-state index in [4.69, 9.17) is 5.26 Å². The minimum atomic E-state index is -0.597. The number of thioether (sulfide) groups is 1. The minimum Gasteiger partial charge on any atom is -0.323 e. The molecule has 6 heteroatoms. The van der Waals surface area contributed by atoms with Gasteiger partial charge in [-0.15, -0.1) is 11.8 Å². The van der Waals surface area contributed by atoms with Crippen LogP contribution in [0.2, 0.25) is 0 Å². The number of oxime groups is 1. The molecule has 0 saturated carbocycles. The molecule has 0 bridgehead atoms. The first-order valence-electron chi connectivity index (χ1n) is 3.63. The topological polar surface area (TPSA) is 74.5 Å². The van der Waals surface area contributed by atoms with E-state index in [0.717, 1.165) is 0 Å². The van der Waals surface area contributed by atoms with Crippen molar-refractivity contribution in [2.75, 3.05) is 12.8 Å². The third-order valence-corrected chi connectivity index (χ3v) is 1.89. The summed E-state index contributed by atoms with van der Waals surface area (Å²) in [6, 6.07) is 2.00. The lowest BCUT2D eigenvalue weighted by Crippen LogP contribution is -2.17. The van der Waals surface area contributed by atoms with Crippen molar-refractivity contribution in [3.8, 4) is 6.07 Å². The highest BCUT2D eigenvalue weighted by atomic mass is 32.2. The Kier molecular flexibility index (Phi) is 6.73. The van der Waals surface area contributed by atoms with Crippen LogP contribution in [0.3, 0.4) is 0 Å². The molecule has 1 amide bonds. The lowest BCUT2D eigenvalue weighted by Gasteiger charge is -1.97. The fourth-order valence-electron chi connectivity index (χ4n) is 0.422. The summed E-state index contributed by atoms with van der Waals surface area (Å²) in [5, 5.41) is 14.6. The fourth-order valence-corrected chi connectivity index (χ4v) is 1.00. The van der Waals surface area contributed by atoms with Gasteiger partial charge in [0.25, 0.3) is 0 Å². The maximum absolute atomic E-state index is 10.5. The van der Waals surface area contributed by atoms with E-state index in [2.05, 4.69) is 15.3 Å². The Bertz CT molecular complexity index is 234. The van der Waals surface area contributed by atoms with Crippen LogP contribution in [0.1, 0.15) is 13.3 Å². The van der Waals surface area contributed by atoms with Gasteiger partial charge in [0.05, 0.1) is 6.07 Å². The van der Waals surface area contributed by atoms with Gasteiger partial charge in [0, 0.05) is 19.2 Å². The van der Waals surface area contributed by atoms with E-state index >= 15 is 0 Å². The highest BCUT2D eigenvalue weighted by molar-refractivity contribution is 8.13. The van der Waals surface area contributed by atoms with Gasteiger partial charge < -0.3 is 5.32 Å². The molecular weight excluding hydrogens is 190 g/mol. The van der Waals surface area contributed by atoms with Crippen LogP contribution in [0.25, 0.3) is 0 Å². The first kappa shape index (κ1) is 11.8. The number of carbonyl (C=O) groups excluding carboxylic acids is 1. The molecular formula is C7H11N3O2S. The normalized spacial score (nSPS) is 10.4. The van der Waals surface area contributed by atoms with E-state index in [0.29, 0.717) is 17.2 Å². The molecule has 13 heavy (non-hydrogen) atoms. The lowest BCUT2D eigenvalue weighted by molar-refractivity contribution is 0.153. The second-order valence-electron chi connectivity index (χ2n) is 2.00. The van der Waals surface area contributed by atoms with Crippen molar-refractivity contribution >= 4 is 22.9 Å². The van der Waals surface area contributed by atoms with Crippen molar-refractivity contribution in [1.29, 1.82) is 5.26 Å². The van der Waals surface area contributed by atoms with Crippen molar-refractivity contribution in [2.24, 2.45) is 5.16 Å². The number of rotatable bonds is 3. The molecule has 0 aliphatic carbocycles. The third-order valence-electron chi connectivity index (χ3n) is 0.986. The van der Waals surface area contributed by atoms with Crippen molar-refractivity contribution in [2.45, 2.75) is 13.3 Å². The zero-order valence-corrected chi connectivity index (χ0v) is 8.35. The Morgan fingerprint density at radius 3 is 3.00 bits per heavy atom. The molecule has 0 heterocycles. The summed E-state index contributed by atoms with van der Waals surface area (Å²) >= 11 is 1.38. The summed E-state index contributed by atoms with van der Waals surface area (Å²) in [6.07, 6.45) is -0.141. The van der Waals surface area contributed by atoms with Crippen LogP contribution in [0, 0.1) is 11.3 Å². The van der Waals surface area contributed by atoms with Gasteiger partial charge in [-0.25, -0.2) is 4.79 Å². The van der Waals surface area contributed by atoms with Crippen molar-refractivity contribution in [1.82, 2.24) is 5.32 Å². The van der Waals surface area contributed by atoms with E-state index in [-0.39, 0.29) is 0 Å². The zero-order valence-electron chi connectivity index (χ0n) is 7.53. The molecule has 0 saturated heterocycles. The van der Waals surface area contributed by atoms with Crippen LogP contribution in [-0.2, 0) is 4.84 Å². The predicted octanol–water partition coefficient (Wildman–Crippen LogP) is 1.32.